The van der Waals surface area contributed by atoms with E-state index in [1.807, 2.05) is 24.3 Å². The molecule has 174 valence electrons. The van der Waals surface area contributed by atoms with Gasteiger partial charge in [-0.25, -0.2) is 4.79 Å². The molecule has 5 nitrogen and oxygen atoms in total. The summed E-state index contributed by atoms with van der Waals surface area (Å²) in [6, 6.07) is 7.85. The van der Waals surface area contributed by atoms with Crippen LogP contribution in [-0.4, -0.2) is 49.2 Å². The van der Waals surface area contributed by atoms with E-state index in [1.54, 1.807) is 14.0 Å². The van der Waals surface area contributed by atoms with E-state index in [1.165, 1.54) is 0 Å². The second-order valence-electron chi connectivity index (χ2n) is 8.66. The first kappa shape index (κ1) is 22.7. The lowest BCUT2D eigenvalue weighted by Crippen LogP contribution is -2.53. The number of rotatable bonds is 5. The number of hydrogen-bond acceptors (Lipinski definition) is 4. The first-order valence-electron chi connectivity index (χ1n) is 11.1. The number of ether oxygens (including phenoxy) is 2. The highest BCUT2D eigenvalue weighted by atomic mass is 19.4. The Morgan fingerprint density at radius 3 is 2.75 bits per heavy atom. The second-order valence-corrected chi connectivity index (χ2v) is 8.66. The standard InChI is InChI=1S/C24H29F3N2O3/c1-4-29-10-9-23(15-7-6-8-17(11-15)31-3)13-19-18(12-16(23)14-29)20(24(25,26)27)21(28-19)22(30)32-5-2/h6-8,11,16,28H,4-5,9-10,12-14H2,1-3H3/t16-,23+/m1/s1. The monoisotopic (exact) mass is 450 g/mol. The number of aromatic nitrogens is 1. The molecule has 1 aromatic heterocycles. The Bertz CT molecular complexity index is 1000. The summed E-state index contributed by atoms with van der Waals surface area (Å²) in [5, 5.41) is 0. The van der Waals surface area contributed by atoms with E-state index in [4.69, 9.17) is 9.47 Å². The predicted molar refractivity (Wildman–Crippen MR) is 114 cm³/mol. The molecule has 0 unspecified atom stereocenters. The van der Waals surface area contributed by atoms with Crippen LogP contribution in [-0.2, 0) is 29.2 Å². The number of H-pyrrole nitrogens is 1. The number of carbonyl (C=O) groups excluding carboxylic acids is 1. The molecule has 1 fully saturated rings. The van der Waals surface area contributed by atoms with E-state index in [2.05, 4.69) is 16.8 Å². The molecule has 1 aliphatic heterocycles. The quantitative estimate of drug-likeness (QED) is 0.677. The molecule has 0 spiro atoms. The van der Waals surface area contributed by atoms with Crippen LogP contribution in [0.3, 0.4) is 0 Å². The Labute approximate surface area is 185 Å². The van der Waals surface area contributed by atoms with Gasteiger partial charge in [0.1, 0.15) is 11.4 Å². The Balaban J connectivity index is 1.86. The largest absolute Gasteiger partial charge is 0.497 e. The molecule has 2 heterocycles. The lowest BCUT2D eigenvalue weighted by Gasteiger charge is -2.51. The molecule has 32 heavy (non-hydrogen) atoms. The van der Waals surface area contributed by atoms with Crippen LogP contribution in [0.15, 0.2) is 24.3 Å². The van der Waals surface area contributed by atoms with Crippen LogP contribution >= 0.6 is 0 Å². The van der Waals surface area contributed by atoms with Crippen molar-refractivity contribution in [1.82, 2.24) is 9.88 Å². The molecule has 0 amide bonds. The van der Waals surface area contributed by atoms with Crippen LogP contribution in [0.25, 0.3) is 0 Å². The molecule has 0 saturated carbocycles. The van der Waals surface area contributed by atoms with Crippen molar-refractivity contribution in [3.8, 4) is 5.75 Å². The fourth-order valence-electron chi connectivity index (χ4n) is 5.53. The molecule has 1 saturated heterocycles. The summed E-state index contributed by atoms with van der Waals surface area (Å²) in [4.78, 5) is 17.5. The highest BCUT2D eigenvalue weighted by Crippen LogP contribution is 2.51. The number of aromatic amines is 1. The molecular weight excluding hydrogens is 421 g/mol. The van der Waals surface area contributed by atoms with E-state index in [9.17, 15) is 18.0 Å². The number of halogens is 3. The van der Waals surface area contributed by atoms with Gasteiger partial charge in [0.25, 0.3) is 0 Å². The van der Waals surface area contributed by atoms with Crippen molar-refractivity contribution in [3.05, 3.63) is 52.3 Å². The van der Waals surface area contributed by atoms with Crippen LogP contribution < -0.4 is 4.74 Å². The van der Waals surface area contributed by atoms with Gasteiger partial charge in [0.05, 0.1) is 19.3 Å². The number of fused-ring (bicyclic) bond motifs is 2. The van der Waals surface area contributed by atoms with Gasteiger partial charge in [-0.2, -0.15) is 13.2 Å². The van der Waals surface area contributed by atoms with E-state index < -0.39 is 23.4 Å². The molecule has 2 aromatic rings. The summed E-state index contributed by atoms with van der Waals surface area (Å²) in [7, 11) is 1.61. The Hall–Kier alpha value is -2.48. The summed E-state index contributed by atoms with van der Waals surface area (Å²) in [6.45, 7) is 6.11. The molecule has 1 aliphatic carbocycles. The Morgan fingerprint density at radius 2 is 2.09 bits per heavy atom. The number of carbonyl (C=O) groups is 1. The van der Waals surface area contributed by atoms with Gasteiger partial charge in [-0.05, 0) is 68.5 Å². The zero-order valence-corrected chi connectivity index (χ0v) is 18.6. The number of piperidine rings is 1. The summed E-state index contributed by atoms with van der Waals surface area (Å²) in [6.07, 6.45) is -3.14. The van der Waals surface area contributed by atoms with Crippen LogP contribution in [0.5, 0.6) is 5.75 Å². The molecule has 2 aliphatic rings. The molecular formula is C24H29F3N2O3. The number of benzene rings is 1. The SMILES string of the molecule is CCOC(=O)c1[nH]c2c(c1C(F)(F)F)C[C@@H]1CN(CC)CC[C@@]1(c1cccc(OC)c1)C2. The number of hydrogen-bond donors (Lipinski definition) is 1. The molecule has 0 bridgehead atoms. The average Bonchev–Trinajstić information content (AvgIpc) is 3.15. The molecule has 1 aromatic carbocycles. The molecule has 4 rings (SSSR count). The normalized spacial score (nSPS) is 23.4. The fraction of sp³-hybridized carbons (Fsp3) is 0.542. The van der Waals surface area contributed by atoms with Gasteiger partial charge >= 0.3 is 12.1 Å². The van der Waals surface area contributed by atoms with Gasteiger partial charge in [-0.1, -0.05) is 19.1 Å². The van der Waals surface area contributed by atoms with Crippen LogP contribution in [0.4, 0.5) is 13.2 Å². The number of esters is 1. The number of likely N-dealkylation sites (tertiary alicyclic amines) is 1. The van der Waals surface area contributed by atoms with E-state index in [0.717, 1.165) is 30.8 Å². The first-order valence-corrected chi connectivity index (χ1v) is 11.1. The third-order valence-electron chi connectivity index (χ3n) is 7.12. The van der Waals surface area contributed by atoms with Gasteiger partial charge < -0.3 is 19.4 Å². The second kappa shape index (κ2) is 8.46. The zero-order chi connectivity index (χ0) is 23.1. The van der Waals surface area contributed by atoms with Gasteiger partial charge in [0.2, 0.25) is 0 Å². The third kappa shape index (κ3) is 3.78. The summed E-state index contributed by atoms with van der Waals surface area (Å²) >= 11 is 0. The van der Waals surface area contributed by atoms with Crippen molar-refractivity contribution in [1.29, 1.82) is 0 Å². The minimum Gasteiger partial charge on any atom is -0.497 e. The Morgan fingerprint density at radius 1 is 1.31 bits per heavy atom. The van der Waals surface area contributed by atoms with Crippen molar-refractivity contribution < 1.29 is 27.4 Å². The van der Waals surface area contributed by atoms with Gasteiger partial charge in [0, 0.05) is 17.7 Å². The maximum atomic E-state index is 14.1. The van der Waals surface area contributed by atoms with Crippen molar-refractivity contribution in [3.63, 3.8) is 0 Å². The maximum Gasteiger partial charge on any atom is 0.419 e. The maximum absolute atomic E-state index is 14.1. The highest BCUT2D eigenvalue weighted by molar-refractivity contribution is 5.90. The van der Waals surface area contributed by atoms with Crippen LogP contribution in [0.1, 0.15) is 53.1 Å². The van der Waals surface area contributed by atoms with Gasteiger partial charge in [-0.15, -0.1) is 0 Å². The lowest BCUT2D eigenvalue weighted by molar-refractivity contribution is -0.138. The van der Waals surface area contributed by atoms with Crippen molar-refractivity contribution in [2.45, 2.75) is 44.7 Å². The minimum absolute atomic E-state index is 0.0113. The van der Waals surface area contributed by atoms with E-state index in [-0.39, 0.29) is 29.9 Å². The van der Waals surface area contributed by atoms with Gasteiger partial charge in [-0.3, -0.25) is 0 Å². The highest BCUT2D eigenvalue weighted by Gasteiger charge is 2.51. The number of nitrogens with one attached hydrogen (secondary N) is 1. The number of methoxy groups -OCH3 is 1. The molecule has 1 N–H and O–H groups in total. The van der Waals surface area contributed by atoms with Crippen molar-refractivity contribution in [2.75, 3.05) is 33.4 Å². The van der Waals surface area contributed by atoms with Crippen molar-refractivity contribution >= 4 is 5.97 Å². The van der Waals surface area contributed by atoms with Crippen LogP contribution in [0.2, 0.25) is 0 Å². The smallest absolute Gasteiger partial charge is 0.419 e. The first-order chi connectivity index (χ1) is 15.2. The average molecular weight is 451 g/mol. The van der Waals surface area contributed by atoms with Gasteiger partial charge in [0.15, 0.2) is 0 Å². The zero-order valence-electron chi connectivity index (χ0n) is 18.6. The topological polar surface area (TPSA) is 54.6 Å². The minimum atomic E-state index is -4.64. The molecule has 8 heteroatoms. The fourth-order valence-corrected chi connectivity index (χ4v) is 5.53. The van der Waals surface area contributed by atoms with Crippen molar-refractivity contribution in [2.24, 2.45) is 5.92 Å². The Kier molecular flexibility index (Phi) is 6.00. The lowest BCUT2D eigenvalue weighted by atomic mass is 9.58. The summed E-state index contributed by atoms with van der Waals surface area (Å²) in [5.74, 6) is -0.236. The van der Waals surface area contributed by atoms with Crippen LogP contribution in [0, 0.1) is 5.92 Å². The summed E-state index contributed by atoms with van der Waals surface area (Å²) < 4.78 is 52.7. The molecule has 0 radical (unpaired) electrons. The van der Waals surface area contributed by atoms with E-state index in [0.29, 0.717) is 18.7 Å². The van der Waals surface area contributed by atoms with E-state index >= 15 is 0 Å². The third-order valence-corrected chi connectivity index (χ3v) is 7.12. The number of nitrogens with zero attached hydrogens (tertiary/aromatic N) is 1. The molecule has 2 atom stereocenters. The number of alkyl halides is 3. The summed E-state index contributed by atoms with van der Waals surface area (Å²) in [5.41, 5.74) is 0.109. The predicted octanol–water partition coefficient (Wildman–Crippen LogP) is 4.60.